The van der Waals surface area contributed by atoms with Gasteiger partial charge in [-0.05, 0) is 49.7 Å². The van der Waals surface area contributed by atoms with Gasteiger partial charge in [0.05, 0.1) is 24.1 Å². The van der Waals surface area contributed by atoms with Crippen LogP contribution in [0.3, 0.4) is 0 Å². The normalized spacial score (nSPS) is 10.6. The second-order valence-electron chi connectivity index (χ2n) is 7.88. The largest absolute Gasteiger partial charge is 0.497 e. The van der Waals surface area contributed by atoms with Crippen LogP contribution in [0.2, 0.25) is 0 Å². The lowest BCUT2D eigenvalue weighted by Crippen LogP contribution is -2.12. The van der Waals surface area contributed by atoms with E-state index in [9.17, 15) is 10.1 Å². The fourth-order valence-corrected chi connectivity index (χ4v) is 5.09. The van der Waals surface area contributed by atoms with Gasteiger partial charge < -0.3 is 10.1 Å². The zero-order valence-electron chi connectivity index (χ0n) is 19.7. The van der Waals surface area contributed by atoms with E-state index in [1.165, 1.54) is 23.1 Å². The summed E-state index contributed by atoms with van der Waals surface area (Å²) in [7, 11) is 1.63. The molecule has 2 aromatic heterocycles. The molecule has 4 rings (SSSR count). The molecule has 0 atom stereocenters. The van der Waals surface area contributed by atoms with E-state index >= 15 is 0 Å². The molecule has 1 N–H and O–H groups in total. The SMILES string of the molecule is COc1ccc(-c2cc(-c3ccc(C)cc3)c(C#N)c(SCCC(=O)Nc3nc(C)cs3)n2)cc1. The molecule has 0 fully saturated rings. The Kier molecular flexibility index (Phi) is 7.80. The molecule has 0 aliphatic heterocycles. The Balaban J connectivity index is 1.63. The number of nitrogens with zero attached hydrogens (tertiary/aromatic N) is 3. The van der Waals surface area contributed by atoms with Gasteiger partial charge in [-0.2, -0.15) is 5.26 Å². The van der Waals surface area contributed by atoms with E-state index in [1.807, 2.05) is 73.8 Å². The number of amides is 1. The van der Waals surface area contributed by atoms with E-state index in [0.717, 1.165) is 39.4 Å². The first-order valence-electron chi connectivity index (χ1n) is 11.0. The van der Waals surface area contributed by atoms with E-state index in [0.29, 0.717) is 21.5 Å². The third kappa shape index (κ3) is 6.07. The van der Waals surface area contributed by atoms with Gasteiger partial charge in [0.2, 0.25) is 5.91 Å². The molecule has 1 amide bonds. The van der Waals surface area contributed by atoms with Gasteiger partial charge in [-0.25, -0.2) is 9.97 Å². The van der Waals surface area contributed by atoms with Crippen LogP contribution in [-0.2, 0) is 4.79 Å². The number of aromatic nitrogens is 2. The van der Waals surface area contributed by atoms with Crippen molar-refractivity contribution in [1.29, 1.82) is 5.26 Å². The molecule has 0 spiro atoms. The minimum atomic E-state index is -0.115. The first-order chi connectivity index (χ1) is 17.0. The number of aryl methyl sites for hydroxylation is 2. The second kappa shape index (κ2) is 11.2. The molecule has 2 aromatic carbocycles. The smallest absolute Gasteiger partial charge is 0.226 e. The highest BCUT2D eigenvalue weighted by Gasteiger charge is 2.17. The summed E-state index contributed by atoms with van der Waals surface area (Å²) in [5.74, 6) is 1.13. The molecular formula is C27H24N4O2S2. The summed E-state index contributed by atoms with van der Waals surface area (Å²) in [4.78, 5) is 21.5. The number of ether oxygens (including phenoxy) is 1. The average Bonchev–Trinajstić information content (AvgIpc) is 3.28. The third-order valence-electron chi connectivity index (χ3n) is 5.28. The topological polar surface area (TPSA) is 87.9 Å². The van der Waals surface area contributed by atoms with Crippen LogP contribution in [0.4, 0.5) is 5.13 Å². The summed E-state index contributed by atoms with van der Waals surface area (Å²) in [6.07, 6.45) is 0.280. The Labute approximate surface area is 213 Å². The molecule has 0 saturated heterocycles. The van der Waals surface area contributed by atoms with E-state index in [2.05, 4.69) is 16.4 Å². The molecule has 0 unspecified atom stereocenters. The van der Waals surface area contributed by atoms with Gasteiger partial charge in [-0.15, -0.1) is 23.1 Å². The third-order valence-corrected chi connectivity index (χ3v) is 7.13. The maximum atomic E-state index is 12.4. The van der Waals surface area contributed by atoms with E-state index in [4.69, 9.17) is 9.72 Å². The number of pyridine rings is 1. The average molecular weight is 501 g/mol. The maximum absolute atomic E-state index is 12.4. The van der Waals surface area contributed by atoms with Gasteiger partial charge in [-0.1, -0.05) is 29.8 Å². The Hall–Kier alpha value is -3.67. The monoisotopic (exact) mass is 500 g/mol. The van der Waals surface area contributed by atoms with Crippen molar-refractivity contribution in [1.82, 2.24) is 9.97 Å². The predicted molar refractivity (Wildman–Crippen MR) is 142 cm³/mol. The number of anilines is 1. The minimum absolute atomic E-state index is 0.115. The lowest BCUT2D eigenvalue weighted by molar-refractivity contribution is -0.115. The number of thioether (sulfide) groups is 1. The standard InChI is InChI=1S/C27H24N4O2S2/c1-17-4-6-19(7-5-17)22-14-24(20-8-10-21(33-3)11-9-20)30-26(23(22)15-28)34-13-12-25(32)31-27-29-18(2)16-35-27/h4-11,14,16H,12-13H2,1-3H3,(H,29,31,32). The fraction of sp³-hybridized carbons (Fsp3) is 0.185. The van der Waals surface area contributed by atoms with E-state index in [-0.39, 0.29) is 12.3 Å². The van der Waals surface area contributed by atoms with Gasteiger partial charge in [0.1, 0.15) is 16.8 Å². The lowest BCUT2D eigenvalue weighted by atomic mass is 9.98. The number of methoxy groups -OCH3 is 1. The summed E-state index contributed by atoms with van der Waals surface area (Å²) >= 11 is 2.81. The summed E-state index contributed by atoms with van der Waals surface area (Å²) in [5, 5.41) is 16.0. The van der Waals surface area contributed by atoms with Crippen LogP contribution in [0.25, 0.3) is 22.4 Å². The van der Waals surface area contributed by atoms with Crippen molar-refractivity contribution in [3.8, 4) is 34.2 Å². The first kappa shape index (κ1) is 24.5. The molecule has 0 aliphatic rings. The molecule has 6 nitrogen and oxygen atoms in total. The Morgan fingerprint density at radius 3 is 2.43 bits per heavy atom. The number of hydrogen-bond donors (Lipinski definition) is 1. The second-order valence-corrected chi connectivity index (χ2v) is 9.82. The molecule has 0 radical (unpaired) electrons. The number of carbonyl (C=O) groups is 1. The van der Waals surface area contributed by atoms with E-state index < -0.39 is 0 Å². The van der Waals surface area contributed by atoms with E-state index in [1.54, 1.807) is 7.11 Å². The Bertz CT molecular complexity index is 1370. The number of nitriles is 1. The van der Waals surface area contributed by atoms with Crippen LogP contribution >= 0.6 is 23.1 Å². The molecule has 4 aromatic rings. The summed E-state index contributed by atoms with van der Waals surface area (Å²) in [5.41, 5.74) is 5.97. The van der Waals surface area contributed by atoms with Gasteiger partial charge in [0.15, 0.2) is 5.13 Å². The molecule has 0 saturated carbocycles. The van der Waals surface area contributed by atoms with Crippen LogP contribution < -0.4 is 10.1 Å². The van der Waals surface area contributed by atoms with Crippen molar-refractivity contribution in [2.24, 2.45) is 0 Å². The van der Waals surface area contributed by atoms with Crippen molar-refractivity contribution in [3.05, 3.63) is 76.8 Å². The highest BCUT2D eigenvalue weighted by Crippen LogP contribution is 2.35. The first-order valence-corrected chi connectivity index (χ1v) is 12.8. The zero-order chi connectivity index (χ0) is 24.8. The van der Waals surface area contributed by atoms with Crippen LogP contribution in [-0.4, -0.2) is 28.7 Å². The molecule has 2 heterocycles. The van der Waals surface area contributed by atoms with Crippen LogP contribution in [0.5, 0.6) is 5.75 Å². The molecule has 176 valence electrons. The number of benzene rings is 2. The highest BCUT2D eigenvalue weighted by atomic mass is 32.2. The molecule has 0 bridgehead atoms. The summed E-state index contributed by atoms with van der Waals surface area (Å²) < 4.78 is 5.28. The number of rotatable bonds is 8. The maximum Gasteiger partial charge on any atom is 0.226 e. The Morgan fingerprint density at radius 1 is 1.09 bits per heavy atom. The molecule has 35 heavy (non-hydrogen) atoms. The number of thiazole rings is 1. The van der Waals surface area contributed by atoms with Gasteiger partial charge in [-0.3, -0.25) is 4.79 Å². The quantitative estimate of drug-likeness (QED) is 0.278. The van der Waals surface area contributed by atoms with Crippen molar-refractivity contribution in [3.63, 3.8) is 0 Å². The molecular weight excluding hydrogens is 476 g/mol. The Morgan fingerprint density at radius 2 is 1.80 bits per heavy atom. The zero-order valence-corrected chi connectivity index (χ0v) is 21.3. The van der Waals surface area contributed by atoms with Crippen molar-refractivity contribution < 1.29 is 9.53 Å². The van der Waals surface area contributed by atoms with Crippen LogP contribution in [0.1, 0.15) is 23.2 Å². The van der Waals surface area contributed by atoms with Gasteiger partial charge in [0.25, 0.3) is 0 Å². The minimum Gasteiger partial charge on any atom is -0.497 e. The number of nitrogens with one attached hydrogen (secondary N) is 1. The van der Waals surface area contributed by atoms with Crippen LogP contribution in [0, 0.1) is 25.2 Å². The fourth-order valence-electron chi connectivity index (χ4n) is 3.44. The molecule has 8 heteroatoms. The summed E-state index contributed by atoms with van der Waals surface area (Å²) in [6, 6.07) is 20.1. The summed E-state index contributed by atoms with van der Waals surface area (Å²) in [6.45, 7) is 3.92. The van der Waals surface area contributed by atoms with Crippen molar-refractivity contribution in [2.45, 2.75) is 25.3 Å². The molecule has 0 aliphatic carbocycles. The van der Waals surface area contributed by atoms with Crippen molar-refractivity contribution in [2.75, 3.05) is 18.2 Å². The highest BCUT2D eigenvalue weighted by molar-refractivity contribution is 7.99. The van der Waals surface area contributed by atoms with Gasteiger partial charge >= 0.3 is 0 Å². The number of hydrogen-bond acceptors (Lipinski definition) is 7. The predicted octanol–water partition coefficient (Wildman–Crippen LogP) is 6.49. The van der Waals surface area contributed by atoms with Crippen molar-refractivity contribution >= 4 is 34.1 Å². The lowest BCUT2D eigenvalue weighted by Gasteiger charge is -2.13. The number of carbonyl (C=O) groups excluding carboxylic acids is 1. The van der Waals surface area contributed by atoms with Gasteiger partial charge in [0, 0.05) is 28.7 Å². The van der Waals surface area contributed by atoms with Crippen LogP contribution in [0.15, 0.2) is 65.0 Å².